The number of hydrogen-bond acceptors (Lipinski definition) is 4. The first-order valence-electron chi connectivity index (χ1n) is 6.99. The molecular formula is C15H23BrN2O2. The second-order valence-electron chi connectivity index (χ2n) is 5.17. The van der Waals surface area contributed by atoms with E-state index in [2.05, 4.69) is 33.0 Å². The van der Waals surface area contributed by atoms with Crippen molar-refractivity contribution in [3.63, 3.8) is 0 Å². The van der Waals surface area contributed by atoms with Gasteiger partial charge in [0.25, 0.3) is 0 Å². The molecule has 1 fully saturated rings. The molecule has 1 aliphatic heterocycles. The van der Waals surface area contributed by atoms with Gasteiger partial charge in [-0.1, -0.05) is 6.07 Å². The van der Waals surface area contributed by atoms with Gasteiger partial charge in [-0.3, -0.25) is 4.90 Å². The van der Waals surface area contributed by atoms with Crippen LogP contribution < -0.4 is 10.5 Å². The molecule has 2 N–H and O–H groups in total. The Morgan fingerprint density at radius 2 is 2.20 bits per heavy atom. The molecule has 20 heavy (non-hydrogen) atoms. The van der Waals surface area contributed by atoms with Gasteiger partial charge in [-0.2, -0.15) is 0 Å². The van der Waals surface area contributed by atoms with Crippen LogP contribution in [0.25, 0.3) is 0 Å². The number of nitrogens with two attached hydrogens (primary N) is 1. The van der Waals surface area contributed by atoms with Crippen molar-refractivity contribution in [1.82, 2.24) is 4.90 Å². The highest BCUT2D eigenvalue weighted by atomic mass is 79.9. The van der Waals surface area contributed by atoms with E-state index in [1.807, 2.05) is 6.07 Å². The molecule has 2 unspecified atom stereocenters. The van der Waals surface area contributed by atoms with Crippen LogP contribution >= 0.6 is 15.9 Å². The number of likely N-dealkylation sites (tertiary alicyclic amines) is 1. The molecule has 0 aromatic heterocycles. The molecule has 0 spiro atoms. The summed E-state index contributed by atoms with van der Waals surface area (Å²) in [6, 6.07) is 6.64. The van der Waals surface area contributed by atoms with Gasteiger partial charge in [0.2, 0.25) is 0 Å². The van der Waals surface area contributed by atoms with E-state index in [4.69, 9.17) is 15.2 Å². The Bertz CT molecular complexity index is 442. The monoisotopic (exact) mass is 342 g/mol. The minimum atomic E-state index is 0.168. The van der Waals surface area contributed by atoms with Gasteiger partial charge in [0.05, 0.1) is 24.2 Å². The second kappa shape index (κ2) is 7.41. The molecular weight excluding hydrogens is 320 g/mol. The van der Waals surface area contributed by atoms with Gasteiger partial charge >= 0.3 is 0 Å². The number of rotatable bonds is 5. The summed E-state index contributed by atoms with van der Waals surface area (Å²) in [5.74, 6) is 0.849. The lowest BCUT2D eigenvalue weighted by Crippen LogP contribution is -2.46. The Kier molecular flexibility index (Phi) is 5.84. The van der Waals surface area contributed by atoms with Crippen molar-refractivity contribution in [3.8, 4) is 5.75 Å². The second-order valence-corrected chi connectivity index (χ2v) is 6.03. The molecule has 112 valence electrons. The number of benzene rings is 1. The van der Waals surface area contributed by atoms with E-state index < -0.39 is 0 Å². The van der Waals surface area contributed by atoms with E-state index in [9.17, 15) is 0 Å². The first-order valence-corrected chi connectivity index (χ1v) is 7.78. The average Bonchev–Trinajstić information content (AvgIpc) is 2.45. The lowest BCUT2D eigenvalue weighted by molar-refractivity contribution is 0.0847. The summed E-state index contributed by atoms with van der Waals surface area (Å²) in [5.41, 5.74) is 7.60. The molecule has 0 bridgehead atoms. The average molecular weight is 343 g/mol. The van der Waals surface area contributed by atoms with Crippen LogP contribution in [0.15, 0.2) is 22.7 Å². The smallest absolute Gasteiger partial charge is 0.133 e. The molecule has 4 nitrogen and oxygen atoms in total. The van der Waals surface area contributed by atoms with Gasteiger partial charge in [0.15, 0.2) is 0 Å². The van der Waals surface area contributed by atoms with E-state index in [1.165, 1.54) is 5.56 Å². The van der Waals surface area contributed by atoms with Crippen molar-refractivity contribution in [2.75, 3.05) is 33.9 Å². The molecule has 1 aliphatic rings. The predicted molar refractivity (Wildman–Crippen MR) is 84.1 cm³/mol. The zero-order valence-corrected chi connectivity index (χ0v) is 13.7. The van der Waals surface area contributed by atoms with E-state index in [1.54, 1.807) is 14.2 Å². The minimum absolute atomic E-state index is 0.168. The Morgan fingerprint density at radius 3 is 2.85 bits per heavy atom. The molecule has 1 aromatic carbocycles. The SMILES string of the molecule is COCCN1CCCC(N)C1c1ccc(OC)c(Br)c1. The van der Waals surface area contributed by atoms with Crippen molar-refractivity contribution < 1.29 is 9.47 Å². The summed E-state index contributed by atoms with van der Waals surface area (Å²) in [4.78, 5) is 2.42. The van der Waals surface area contributed by atoms with E-state index in [0.717, 1.165) is 42.8 Å². The van der Waals surface area contributed by atoms with Crippen molar-refractivity contribution in [2.24, 2.45) is 5.73 Å². The summed E-state index contributed by atoms with van der Waals surface area (Å²) in [6.45, 7) is 2.73. The lowest BCUT2D eigenvalue weighted by atomic mass is 9.91. The first-order chi connectivity index (χ1) is 9.67. The van der Waals surface area contributed by atoms with Gasteiger partial charge in [-0.25, -0.2) is 0 Å². The molecule has 1 saturated heterocycles. The fraction of sp³-hybridized carbons (Fsp3) is 0.600. The summed E-state index contributed by atoms with van der Waals surface area (Å²) in [6.07, 6.45) is 2.22. The molecule has 0 amide bonds. The normalized spacial score (nSPS) is 23.8. The standard InChI is InChI=1S/C15H23BrN2O2/c1-19-9-8-18-7-3-4-13(17)15(18)11-5-6-14(20-2)12(16)10-11/h5-6,10,13,15H,3-4,7-9,17H2,1-2H3. The number of halogens is 1. The Hall–Kier alpha value is -0.620. The van der Waals surface area contributed by atoms with Crippen LogP contribution in [-0.2, 0) is 4.74 Å². The third-order valence-corrected chi connectivity index (χ3v) is 4.50. The van der Waals surface area contributed by atoms with E-state index in [0.29, 0.717) is 0 Å². The number of ether oxygens (including phenoxy) is 2. The fourth-order valence-corrected chi connectivity index (χ4v) is 3.44. The Balaban J connectivity index is 2.22. The van der Waals surface area contributed by atoms with Crippen molar-refractivity contribution in [2.45, 2.75) is 24.9 Å². The quantitative estimate of drug-likeness (QED) is 0.893. The Labute approximate surface area is 129 Å². The van der Waals surface area contributed by atoms with Gasteiger partial charge in [0.1, 0.15) is 5.75 Å². The first kappa shape index (κ1) is 15.8. The van der Waals surface area contributed by atoms with Gasteiger partial charge in [0, 0.05) is 19.7 Å². The number of nitrogens with zero attached hydrogens (tertiary/aromatic N) is 1. The van der Waals surface area contributed by atoms with Crippen molar-refractivity contribution in [1.29, 1.82) is 0 Å². The molecule has 0 aliphatic carbocycles. The highest BCUT2D eigenvalue weighted by Crippen LogP contribution is 2.34. The van der Waals surface area contributed by atoms with Gasteiger partial charge in [-0.15, -0.1) is 0 Å². The highest BCUT2D eigenvalue weighted by Gasteiger charge is 2.30. The summed E-state index contributed by atoms with van der Waals surface area (Å²) < 4.78 is 11.5. The molecule has 1 heterocycles. The maximum atomic E-state index is 6.36. The van der Waals surface area contributed by atoms with Crippen molar-refractivity contribution >= 4 is 15.9 Å². The van der Waals surface area contributed by atoms with Crippen LogP contribution in [0.5, 0.6) is 5.75 Å². The summed E-state index contributed by atoms with van der Waals surface area (Å²) in [5, 5.41) is 0. The zero-order valence-electron chi connectivity index (χ0n) is 12.1. The molecule has 2 rings (SSSR count). The van der Waals surface area contributed by atoms with Crippen LogP contribution in [0.3, 0.4) is 0 Å². The van der Waals surface area contributed by atoms with Crippen LogP contribution in [0, 0.1) is 0 Å². The summed E-state index contributed by atoms with van der Waals surface area (Å²) in [7, 11) is 3.42. The van der Waals surface area contributed by atoms with E-state index >= 15 is 0 Å². The highest BCUT2D eigenvalue weighted by molar-refractivity contribution is 9.10. The van der Waals surface area contributed by atoms with Gasteiger partial charge in [-0.05, 0) is 53.0 Å². The molecule has 0 radical (unpaired) electrons. The maximum Gasteiger partial charge on any atom is 0.133 e. The molecule has 5 heteroatoms. The Morgan fingerprint density at radius 1 is 1.40 bits per heavy atom. The van der Waals surface area contributed by atoms with Crippen LogP contribution in [0.2, 0.25) is 0 Å². The number of hydrogen-bond donors (Lipinski definition) is 1. The fourth-order valence-electron chi connectivity index (χ4n) is 2.88. The van der Waals surface area contributed by atoms with Crippen LogP contribution in [-0.4, -0.2) is 44.9 Å². The van der Waals surface area contributed by atoms with Crippen LogP contribution in [0.4, 0.5) is 0 Å². The molecule has 1 aromatic rings. The number of methoxy groups -OCH3 is 2. The third-order valence-electron chi connectivity index (χ3n) is 3.88. The maximum absolute atomic E-state index is 6.36. The largest absolute Gasteiger partial charge is 0.496 e. The van der Waals surface area contributed by atoms with E-state index in [-0.39, 0.29) is 12.1 Å². The third kappa shape index (κ3) is 3.52. The van der Waals surface area contributed by atoms with Crippen LogP contribution in [0.1, 0.15) is 24.4 Å². The molecule has 2 atom stereocenters. The lowest BCUT2D eigenvalue weighted by Gasteiger charge is -2.40. The topological polar surface area (TPSA) is 47.7 Å². The van der Waals surface area contributed by atoms with Crippen molar-refractivity contribution in [3.05, 3.63) is 28.2 Å². The predicted octanol–water partition coefficient (Wildman–Crippen LogP) is 2.57. The zero-order chi connectivity index (χ0) is 14.5. The minimum Gasteiger partial charge on any atom is -0.496 e. The van der Waals surface area contributed by atoms with Gasteiger partial charge < -0.3 is 15.2 Å². The number of piperidine rings is 1. The molecule has 0 saturated carbocycles. The summed E-state index contributed by atoms with van der Waals surface area (Å²) >= 11 is 3.56.